The highest BCUT2D eigenvalue weighted by atomic mass is 32.2. The Balaban J connectivity index is 1.51. The first kappa shape index (κ1) is 23.9. The summed E-state index contributed by atoms with van der Waals surface area (Å²) in [6, 6.07) is 20.8. The summed E-state index contributed by atoms with van der Waals surface area (Å²) in [6.45, 7) is -0.128. The number of halogens is 1. The second-order valence-corrected chi connectivity index (χ2v) is 8.91. The van der Waals surface area contributed by atoms with Crippen LogP contribution in [-0.2, 0) is 34.3 Å². The first-order valence-electron chi connectivity index (χ1n) is 10.0. The van der Waals surface area contributed by atoms with Gasteiger partial charge in [-0.1, -0.05) is 36.4 Å². The number of carbonyl (C=O) groups is 1. The lowest BCUT2D eigenvalue weighted by Gasteiger charge is -2.10. The van der Waals surface area contributed by atoms with Gasteiger partial charge in [0.25, 0.3) is 5.91 Å². The number of nitriles is 1. The van der Waals surface area contributed by atoms with E-state index in [1.165, 1.54) is 30.3 Å². The minimum absolute atomic E-state index is 0.0411. The van der Waals surface area contributed by atoms with Gasteiger partial charge in [0.2, 0.25) is 10.0 Å². The first-order chi connectivity index (χ1) is 15.9. The molecule has 9 heteroatoms. The van der Waals surface area contributed by atoms with Crippen LogP contribution >= 0.6 is 0 Å². The van der Waals surface area contributed by atoms with Crippen molar-refractivity contribution >= 4 is 15.9 Å². The van der Waals surface area contributed by atoms with Gasteiger partial charge in [0.15, 0.2) is 6.61 Å². The standard InChI is InChI=1S/C24H22FN3O4S/c25-21-5-1-3-19(13-21)16-28-33(30,31)23-6-2-4-20(14-23)15-27-24(29)17-32-22-9-7-18(8-10-22)11-12-26/h1-10,13-14,28H,11,15-17H2,(H,27,29). The van der Waals surface area contributed by atoms with Crippen LogP contribution in [-0.4, -0.2) is 20.9 Å². The molecule has 3 aromatic carbocycles. The molecule has 0 aliphatic carbocycles. The van der Waals surface area contributed by atoms with Crippen molar-refractivity contribution in [2.75, 3.05) is 6.61 Å². The zero-order chi connectivity index (χ0) is 23.7. The smallest absolute Gasteiger partial charge is 0.258 e. The molecule has 2 N–H and O–H groups in total. The van der Waals surface area contributed by atoms with Crippen LogP contribution in [0.25, 0.3) is 0 Å². The van der Waals surface area contributed by atoms with Crippen molar-refractivity contribution in [1.29, 1.82) is 5.26 Å². The number of sulfonamides is 1. The highest BCUT2D eigenvalue weighted by Crippen LogP contribution is 2.14. The topological polar surface area (TPSA) is 108 Å². The Labute approximate surface area is 191 Å². The zero-order valence-corrected chi connectivity index (χ0v) is 18.4. The average Bonchev–Trinajstić information content (AvgIpc) is 2.81. The monoisotopic (exact) mass is 467 g/mol. The third kappa shape index (κ3) is 7.42. The number of nitrogens with zero attached hydrogens (tertiary/aromatic N) is 1. The van der Waals surface area contributed by atoms with E-state index in [4.69, 9.17) is 10.00 Å². The molecule has 0 saturated carbocycles. The zero-order valence-electron chi connectivity index (χ0n) is 17.6. The van der Waals surface area contributed by atoms with E-state index in [2.05, 4.69) is 16.1 Å². The van der Waals surface area contributed by atoms with Crippen LogP contribution in [0.5, 0.6) is 5.75 Å². The molecular weight excluding hydrogens is 445 g/mol. The number of ether oxygens (including phenoxy) is 1. The second-order valence-electron chi connectivity index (χ2n) is 7.15. The van der Waals surface area contributed by atoms with Crippen molar-refractivity contribution in [2.45, 2.75) is 24.4 Å². The number of nitrogens with one attached hydrogen (secondary N) is 2. The van der Waals surface area contributed by atoms with Crippen LogP contribution in [0.3, 0.4) is 0 Å². The van der Waals surface area contributed by atoms with Crippen LogP contribution in [0.15, 0.2) is 77.7 Å². The molecule has 3 rings (SSSR count). The molecule has 0 saturated heterocycles. The molecule has 0 bridgehead atoms. The van der Waals surface area contributed by atoms with Crippen molar-refractivity contribution in [3.63, 3.8) is 0 Å². The normalized spacial score (nSPS) is 10.9. The molecule has 0 radical (unpaired) electrons. The summed E-state index contributed by atoms with van der Waals surface area (Å²) < 4.78 is 46.3. The average molecular weight is 468 g/mol. The molecule has 0 aromatic heterocycles. The minimum Gasteiger partial charge on any atom is -0.484 e. The molecule has 0 spiro atoms. The van der Waals surface area contributed by atoms with Gasteiger partial charge in [-0.15, -0.1) is 0 Å². The van der Waals surface area contributed by atoms with Gasteiger partial charge < -0.3 is 10.1 Å². The second kappa shape index (κ2) is 11.2. The summed E-state index contributed by atoms with van der Waals surface area (Å²) in [5.41, 5.74) is 1.95. The van der Waals surface area contributed by atoms with E-state index in [9.17, 15) is 17.6 Å². The van der Waals surface area contributed by atoms with Gasteiger partial charge in [-0.3, -0.25) is 4.79 Å². The van der Waals surface area contributed by atoms with Crippen molar-refractivity contribution in [1.82, 2.24) is 10.0 Å². The van der Waals surface area contributed by atoms with Crippen LogP contribution < -0.4 is 14.8 Å². The fourth-order valence-corrected chi connectivity index (χ4v) is 4.01. The van der Waals surface area contributed by atoms with Gasteiger partial charge in [0, 0.05) is 13.1 Å². The van der Waals surface area contributed by atoms with Gasteiger partial charge in [-0.05, 0) is 53.1 Å². The van der Waals surface area contributed by atoms with E-state index in [0.29, 0.717) is 23.3 Å². The van der Waals surface area contributed by atoms with E-state index >= 15 is 0 Å². The lowest BCUT2D eigenvalue weighted by molar-refractivity contribution is -0.123. The van der Waals surface area contributed by atoms with Gasteiger partial charge >= 0.3 is 0 Å². The molecular formula is C24H22FN3O4S. The van der Waals surface area contributed by atoms with Crippen molar-refractivity contribution in [3.05, 3.63) is 95.3 Å². The van der Waals surface area contributed by atoms with E-state index in [0.717, 1.165) is 5.56 Å². The van der Waals surface area contributed by atoms with Crippen molar-refractivity contribution in [2.24, 2.45) is 0 Å². The highest BCUT2D eigenvalue weighted by molar-refractivity contribution is 7.89. The molecule has 0 heterocycles. The molecule has 1 amide bonds. The van der Waals surface area contributed by atoms with Gasteiger partial charge in [0.05, 0.1) is 17.4 Å². The Bertz CT molecular complexity index is 1260. The van der Waals surface area contributed by atoms with Crippen molar-refractivity contribution in [3.8, 4) is 11.8 Å². The van der Waals surface area contributed by atoms with Gasteiger partial charge in [0.1, 0.15) is 11.6 Å². The number of hydrogen-bond acceptors (Lipinski definition) is 5. The molecule has 0 aliphatic heterocycles. The van der Waals surface area contributed by atoms with Gasteiger partial charge in [-0.25, -0.2) is 17.5 Å². The molecule has 7 nitrogen and oxygen atoms in total. The summed E-state index contributed by atoms with van der Waals surface area (Å²) in [6.07, 6.45) is 0.301. The van der Waals surface area contributed by atoms with Crippen molar-refractivity contribution < 1.29 is 22.3 Å². The number of carbonyl (C=O) groups excluding carboxylic acids is 1. The molecule has 3 aromatic rings. The third-order valence-electron chi connectivity index (χ3n) is 4.63. The summed E-state index contributed by atoms with van der Waals surface area (Å²) in [5, 5.41) is 11.4. The predicted octanol–water partition coefficient (Wildman–Crippen LogP) is 3.07. The maximum atomic E-state index is 13.3. The first-order valence-corrected chi connectivity index (χ1v) is 11.5. The largest absolute Gasteiger partial charge is 0.484 e. The Hall–Kier alpha value is -3.74. The summed E-state index contributed by atoms with van der Waals surface area (Å²) in [5.74, 6) is -0.303. The number of benzene rings is 3. The number of amides is 1. The fourth-order valence-electron chi connectivity index (χ4n) is 2.93. The minimum atomic E-state index is -3.82. The summed E-state index contributed by atoms with van der Waals surface area (Å²) in [7, 11) is -3.82. The lowest BCUT2D eigenvalue weighted by Crippen LogP contribution is -2.28. The van der Waals surface area contributed by atoms with Crippen LogP contribution in [0.2, 0.25) is 0 Å². The molecule has 33 heavy (non-hydrogen) atoms. The summed E-state index contributed by atoms with van der Waals surface area (Å²) >= 11 is 0. The molecule has 0 aliphatic rings. The van der Waals surface area contributed by atoms with E-state index < -0.39 is 15.8 Å². The highest BCUT2D eigenvalue weighted by Gasteiger charge is 2.14. The van der Waals surface area contributed by atoms with E-state index in [1.54, 1.807) is 42.5 Å². The SMILES string of the molecule is N#CCc1ccc(OCC(=O)NCc2cccc(S(=O)(=O)NCc3cccc(F)c3)c2)cc1. The predicted molar refractivity (Wildman–Crippen MR) is 120 cm³/mol. The van der Waals surface area contributed by atoms with E-state index in [1.807, 2.05) is 0 Å². The van der Waals surface area contributed by atoms with Crippen LogP contribution in [0, 0.1) is 17.1 Å². The Morgan fingerprint density at radius 2 is 1.64 bits per heavy atom. The maximum absolute atomic E-state index is 13.3. The van der Waals surface area contributed by atoms with Crippen LogP contribution in [0.1, 0.15) is 16.7 Å². The Morgan fingerprint density at radius 3 is 2.33 bits per heavy atom. The number of hydrogen-bond donors (Lipinski definition) is 2. The lowest BCUT2D eigenvalue weighted by atomic mass is 10.2. The fraction of sp³-hybridized carbons (Fsp3) is 0.167. The maximum Gasteiger partial charge on any atom is 0.258 e. The Morgan fingerprint density at radius 1 is 0.939 bits per heavy atom. The number of rotatable bonds is 10. The van der Waals surface area contributed by atoms with E-state index in [-0.39, 0.29) is 30.5 Å². The third-order valence-corrected chi connectivity index (χ3v) is 6.03. The van der Waals surface area contributed by atoms with Gasteiger partial charge in [-0.2, -0.15) is 5.26 Å². The Kier molecular flexibility index (Phi) is 8.13. The quantitative estimate of drug-likeness (QED) is 0.476. The molecule has 0 atom stereocenters. The summed E-state index contributed by atoms with van der Waals surface area (Å²) in [4.78, 5) is 12.1. The molecule has 0 unspecified atom stereocenters. The molecule has 0 fully saturated rings. The van der Waals surface area contributed by atoms with Crippen LogP contribution in [0.4, 0.5) is 4.39 Å². The molecule has 170 valence electrons.